The van der Waals surface area contributed by atoms with Crippen LogP contribution >= 0.6 is 0 Å². The van der Waals surface area contributed by atoms with Crippen molar-refractivity contribution < 1.29 is 9.53 Å². The number of carbonyl (C=O) groups excluding carboxylic acids is 1. The van der Waals surface area contributed by atoms with Gasteiger partial charge in [0, 0.05) is 6.20 Å². The van der Waals surface area contributed by atoms with Gasteiger partial charge in [-0.25, -0.2) is 0 Å². The number of nitrogens with zero attached hydrogens (tertiary/aromatic N) is 2. The summed E-state index contributed by atoms with van der Waals surface area (Å²) < 4.78 is 7.59. The van der Waals surface area contributed by atoms with Gasteiger partial charge in [0.05, 0.1) is 19.2 Å². The SMILES string of the molecule is Cc1cnn(CCC(=O)OC2CC(C)CCC2C(C)C)c1. The molecular weight excluding hydrogens is 264 g/mol. The minimum atomic E-state index is -0.0899. The molecule has 0 spiro atoms. The van der Waals surface area contributed by atoms with E-state index in [1.165, 1.54) is 12.8 Å². The van der Waals surface area contributed by atoms with Gasteiger partial charge < -0.3 is 4.74 Å². The molecule has 1 heterocycles. The molecule has 0 radical (unpaired) electrons. The Morgan fingerprint density at radius 1 is 1.48 bits per heavy atom. The summed E-state index contributed by atoms with van der Waals surface area (Å²) >= 11 is 0. The zero-order valence-corrected chi connectivity index (χ0v) is 13.7. The van der Waals surface area contributed by atoms with Crippen molar-refractivity contribution in [1.82, 2.24) is 9.78 Å². The van der Waals surface area contributed by atoms with Crippen LogP contribution in [0.4, 0.5) is 0 Å². The summed E-state index contributed by atoms with van der Waals surface area (Å²) in [6.07, 6.45) is 7.70. The van der Waals surface area contributed by atoms with Crippen molar-refractivity contribution in [3.05, 3.63) is 18.0 Å². The molecule has 0 saturated heterocycles. The summed E-state index contributed by atoms with van der Waals surface area (Å²) in [6, 6.07) is 0. The normalized spacial score (nSPS) is 26.0. The molecule has 2 rings (SSSR count). The smallest absolute Gasteiger partial charge is 0.307 e. The van der Waals surface area contributed by atoms with Crippen molar-refractivity contribution >= 4 is 5.97 Å². The van der Waals surface area contributed by atoms with Crippen LogP contribution in [-0.2, 0) is 16.1 Å². The summed E-state index contributed by atoms with van der Waals surface area (Å²) in [7, 11) is 0. The van der Waals surface area contributed by atoms with E-state index in [0.29, 0.717) is 30.7 Å². The Balaban J connectivity index is 1.84. The highest BCUT2D eigenvalue weighted by atomic mass is 16.5. The van der Waals surface area contributed by atoms with Crippen molar-refractivity contribution in [2.75, 3.05) is 0 Å². The topological polar surface area (TPSA) is 44.1 Å². The molecule has 4 heteroatoms. The van der Waals surface area contributed by atoms with Gasteiger partial charge in [-0.15, -0.1) is 0 Å². The monoisotopic (exact) mass is 292 g/mol. The maximum Gasteiger partial charge on any atom is 0.307 e. The summed E-state index contributed by atoms with van der Waals surface area (Å²) in [5.41, 5.74) is 1.12. The number of hydrogen-bond acceptors (Lipinski definition) is 3. The Morgan fingerprint density at radius 2 is 2.24 bits per heavy atom. The number of rotatable bonds is 5. The Morgan fingerprint density at radius 3 is 2.86 bits per heavy atom. The van der Waals surface area contributed by atoms with Crippen molar-refractivity contribution in [2.24, 2.45) is 17.8 Å². The zero-order valence-electron chi connectivity index (χ0n) is 13.7. The average Bonchev–Trinajstić information content (AvgIpc) is 2.82. The lowest BCUT2D eigenvalue weighted by Gasteiger charge is -2.36. The average molecular weight is 292 g/mol. The fourth-order valence-corrected chi connectivity index (χ4v) is 3.27. The molecule has 0 bridgehead atoms. The lowest BCUT2D eigenvalue weighted by Crippen LogP contribution is -2.36. The second-order valence-corrected chi connectivity index (χ2v) is 6.89. The molecule has 3 unspecified atom stereocenters. The zero-order chi connectivity index (χ0) is 15.4. The van der Waals surface area contributed by atoms with E-state index in [1.807, 2.05) is 19.3 Å². The first-order valence-electron chi connectivity index (χ1n) is 8.14. The Labute approximate surface area is 127 Å². The van der Waals surface area contributed by atoms with E-state index in [-0.39, 0.29) is 12.1 Å². The van der Waals surface area contributed by atoms with Crippen LogP contribution in [0, 0.1) is 24.7 Å². The van der Waals surface area contributed by atoms with Crippen LogP contribution in [0.1, 0.15) is 52.0 Å². The highest BCUT2D eigenvalue weighted by molar-refractivity contribution is 5.69. The lowest BCUT2D eigenvalue weighted by molar-refractivity contribution is -0.156. The number of carbonyl (C=O) groups is 1. The second-order valence-electron chi connectivity index (χ2n) is 6.89. The maximum atomic E-state index is 12.1. The van der Waals surface area contributed by atoms with Gasteiger partial charge in [0.15, 0.2) is 0 Å². The van der Waals surface area contributed by atoms with Crippen LogP contribution in [0.5, 0.6) is 0 Å². The number of ether oxygens (including phenoxy) is 1. The molecule has 3 atom stereocenters. The van der Waals surface area contributed by atoms with E-state index >= 15 is 0 Å². The second kappa shape index (κ2) is 7.10. The molecule has 0 amide bonds. The highest BCUT2D eigenvalue weighted by Crippen LogP contribution is 2.35. The standard InChI is InChI=1S/C17H28N2O2/c1-12(2)15-6-5-13(3)9-16(15)21-17(20)7-8-19-11-14(4)10-18-19/h10-13,15-16H,5-9H2,1-4H3. The van der Waals surface area contributed by atoms with Gasteiger partial charge in [-0.1, -0.05) is 27.2 Å². The molecule has 1 aromatic rings. The van der Waals surface area contributed by atoms with Crippen molar-refractivity contribution in [1.29, 1.82) is 0 Å². The number of hydrogen-bond donors (Lipinski definition) is 0. The van der Waals surface area contributed by atoms with E-state index < -0.39 is 0 Å². The van der Waals surface area contributed by atoms with E-state index in [1.54, 1.807) is 4.68 Å². The lowest BCUT2D eigenvalue weighted by atomic mass is 9.75. The van der Waals surface area contributed by atoms with Gasteiger partial charge in [-0.2, -0.15) is 5.10 Å². The molecule has 1 fully saturated rings. The first-order valence-corrected chi connectivity index (χ1v) is 8.14. The van der Waals surface area contributed by atoms with Gasteiger partial charge >= 0.3 is 5.97 Å². The predicted molar refractivity (Wildman–Crippen MR) is 82.8 cm³/mol. The van der Waals surface area contributed by atoms with Gasteiger partial charge in [0.25, 0.3) is 0 Å². The third-order valence-electron chi connectivity index (χ3n) is 4.55. The molecular formula is C17H28N2O2. The fourth-order valence-electron chi connectivity index (χ4n) is 3.27. The summed E-state index contributed by atoms with van der Waals surface area (Å²) in [6.45, 7) is 9.31. The van der Waals surface area contributed by atoms with E-state index in [9.17, 15) is 4.79 Å². The maximum absolute atomic E-state index is 12.1. The first-order chi connectivity index (χ1) is 9.95. The van der Waals surface area contributed by atoms with E-state index in [4.69, 9.17) is 4.74 Å². The van der Waals surface area contributed by atoms with Gasteiger partial charge in [-0.3, -0.25) is 9.48 Å². The van der Waals surface area contributed by atoms with Gasteiger partial charge in [0.2, 0.25) is 0 Å². The highest BCUT2D eigenvalue weighted by Gasteiger charge is 2.33. The van der Waals surface area contributed by atoms with Crippen molar-refractivity contribution in [3.8, 4) is 0 Å². The van der Waals surface area contributed by atoms with Crippen LogP contribution in [0.3, 0.4) is 0 Å². The largest absolute Gasteiger partial charge is 0.462 e. The van der Waals surface area contributed by atoms with Crippen LogP contribution in [-0.4, -0.2) is 21.9 Å². The minimum Gasteiger partial charge on any atom is -0.462 e. The molecule has 1 aliphatic rings. The predicted octanol–water partition coefficient (Wildman–Crippen LogP) is 3.59. The van der Waals surface area contributed by atoms with Crippen LogP contribution in [0.25, 0.3) is 0 Å². The molecule has 21 heavy (non-hydrogen) atoms. The third-order valence-corrected chi connectivity index (χ3v) is 4.55. The van der Waals surface area contributed by atoms with Crippen LogP contribution < -0.4 is 0 Å². The Bertz CT molecular complexity index is 467. The third kappa shape index (κ3) is 4.58. The first kappa shape index (κ1) is 16.1. The molecule has 0 aliphatic heterocycles. The Kier molecular flexibility index (Phi) is 5.43. The molecule has 118 valence electrons. The number of aromatic nitrogens is 2. The molecule has 4 nitrogen and oxygen atoms in total. The van der Waals surface area contributed by atoms with Crippen molar-refractivity contribution in [3.63, 3.8) is 0 Å². The molecule has 0 aromatic carbocycles. The summed E-state index contributed by atoms with van der Waals surface area (Å²) in [5.74, 6) is 1.65. The quantitative estimate of drug-likeness (QED) is 0.779. The summed E-state index contributed by atoms with van der Waals surface area (Å²) in [5, 5.41) is 4.20. The molecule has 0 N–H and O–H groups in total. The van der Waals surface area contributed by atoms with Gasteiger partial charge in [-0.05, 0) is 43.1 Å². The van der Waals surface area contributed by atoms with Crippen molar-refractivity contribution in [2.45, 2.75) is 66.0 Å². The van der Waals surface area contributed by atoms with E-state index in [0.717, 1.165) is 12.0 Å². The molecule has 1 aliphatic carbocycles. The van der Waals surface area contributed by atoms with Gasteiger partial charge in [0.1, 0.15) is 6.10 Å². The molecule has 1 saturated carbocycles. The van der Waals surface area contributed by atoms with Crippen LogP contribution in [0.15, 0.2) is 12.4 Å². The minimum absolute atomic E-state index is 0.0899. The molecule has 1 aromatic heterocycles. The fraction of sp³-hybridized carbons (Fsp3) is 0.765. The number of aryl methyl sites for hydroxylation is 2. The number of esters is 1. The Hall–Kier alpha value is -1.32. The van der Waals surface area contributed by atoms with E-state index in [2.05, 4.69) is 25.9 Å². The van der Waals surface area contributed by atoms with Crippen LogP contribution in [0.2, 0.25) is 0 Å². The summed E-state index contributed by atoms with van der Waals surface area (Å²) in [4.78, 5) is 12.1.